The van der Waals surface area contributed by atoms with Gasteiger partial charge in [0.1, 0.15) is 11.5 Å². The zero-order valence-corrected chi connectivity index (χ0v) is 13.6. The summed E-state index contributed by atoms with van der Waals surface area (Å²) in [5.74, 6) is 0.657. The molecular formula is C21H18O3. The van der Waals surface area contributed by atoms with E-state index < -0.39 is 0 Å². The number of ether oxygens (including phenoxy) is 1. The number of carbonyl (C=O) groups is 1. The maximum absolute atomic E-state index is 11.7. The zero-order chi connectivity index (χ0) is 17.1. The molecule has 2 aromatic carbocycles. The molecule has 0 spiro atoms. The molecular weight excluding hydrogens is 300 g/mol. The van der Waals surface area contributed by atoms with Crippen molar-refractivity contribution in [2.24, 2.45) is 0 Å². The number of rotatable bonds is 3. The molecule has 0 amide bonds. The van der Waals surface area contributed by atoms with Crippen molar-refractivity contribution in [1.82, 2.24) is 0 Å². The molecule has 1 N–H and O–H groups in total. The van der Waals surface area contributed by atoms with E-state index in [1.54, 1.807) is 25.3 Å². The number of phenolic OH excluding ortho intramolecular Hbond substituents is 1. The lowest BCUT2D eigenvalue weighted by atomic mass is 9.88. The number of phenols is 1. The van der Waals surface area contributed by atoms with Crippen LogP contribution in [0.15, 0.2) is 78.1 Å². The molecule has 0 heterocycles. The average molecular weight is 318 g/mol. The summed E-state index contributed by atoms with van der Waals surface area (Å²) in [5, 5.41) is 9.60. The molecule has 24 heavy (non-hydrogen) atoms. The highest BCUT2D eigenvalue weighted by Crippen LogP contribution is 2.35. The van der Waals surface area contributed by atoms with Gasteiger partial charge in [-0.1, -0.05) is 36.4 Å². The lowest BCUT2D eigenvalue weighted by molar-refractivity contribution is -0.110. The number of hydrogen-bond acceptors (Lipinski definition) is 3. The van der Waals surface area contributed by atoms with Crippen molar-refractivity contribution in [3.63, 3.8) is 0 Å². The van der Waals surface area contributed by atoms with E-state index in [0.717, 1.165) is 27.8 Å². The summed E-state index contributed by atoms with van der Waals surface area (Å²) >= 11 is 0. The normalized spacial score (nSPS) is 15.9. The Balaban J connectivity index is 2.31. The van der Waals surface area contributed by atoms with Crippen molar-refractivity contribution < 1.29 is 14.6 Å². The van der Waals surface area contributed by atoms with Gasteiger partial charge in [0.05, 0.1) is 7.11 Å². The van der Waals surface area contributed by atoms with E-state index in [4.69, 9.17) is 4.74 Å². The van der Waals surface area contributed by atoms with E-state index in [1.807, 2.05) is 43.3 Å². The Morgan fingerprint density at radius 1 is 1.00 bits per heavy atom. The summed E-state index contributed by atoms with van der Waals surface area (Å²) < 4.78 is 5.44. The maximum atomic E-state index is 11.7. The van der Waals surface area contributed by atoms with Gasteiger partial charge in [0, 0.05) is 17.2 Å². The fourth-order valence-corrected chi connectivity index (χ4v) is 2.82. The van der Waals surface area contributed by atoms with Crippen LogP contribution in [0.25, 0.3) is 5.57 Å². The van der Waals surface area contributed by atoms with Crippen LogP contribution in [-0.4, -0.2) is 18.0 Å². The van der Waals surface area contributed by atoms with Crippen LogP contribution in [0, 0.1) is 6.92 Å². The van der Waals surface area contributed by atoms with Crippen molar-refractivity contribution in [1.29, 1.82) is 0 Å². The van der Waals surface area contributed by atoms with Crippen LogP contribution in [0.1, 0.15) is 16.7 Å². The number of aryl methyl sites for hydroxylation is 1. The SMILES string of the molecule is COC1=CC(=O)C=C/C1=C(/c1ccc(O)cc1)c1ccccc1C. The fraction of sp³-hybridized carbons (Fsp3) is 0.0952. The zero-order valence-electron chi connectivity index (χ0n) is 13.6. The standard InChI is InChI=1S/C21H18O3/c1-14-5-3-4-6-18(14)21(15-7-9-16(22)10-8-15)19-12-11-17(23)13-20(19)24-2/h3-13,22H,1-2H3/b21-19+. The molecule has 1 aliphatic rings. The number of benzene rings is 2. The van der Waals surface area contributed by atoms with Crippen molar-refractivity contribution >= 4 is 11.4 Å². The third-order valence-corrected chi connectivity index (χ3v) is 4.01. The quantitative estimate of drug-likeness (QED) is 0.924. The maximum Gasteiger partial charge on any atom is 0.182 e. The largest absolute Gasteiger partial charge is 0.508 e. The van der Waals surface area contributed by atoms with E-state index in [1.165, 1.54) is 12.2 Å². The molecule has 0 atom stereocenters. The first kappa shape index (κ1) is 15.8. The van der Waals surface area contributed by atoms with Crippen LogP contribution in [-0.2, 0) is 9.53 Å². The Morgan fingerprint density at radius 3 is 2.38 bits per heavy atom. The molecule has 3 heteroatoms. The summed E-state index contributed by atoms with van der Waals surface area (Å²) in [5.41, 5.74) is 4.93. The Bertz CT molecular complexity index is 868. The molecule has 0 bridgehead atoms. The highest BCUT2D eigenvalue weighted by Gasteiger charge is 2.19. The molecule has 0 fully saturated rings. The van der Waals surface area contributed by atoms with E-state index >= 15 is 0 Å². The highest BCUT2D eigenvalue weighted by molar-refractivity contribution is 6.04. The molecule has 120 valence electrons. The van der Waals surface area contributed by atoms with Gasteiger partial charge < -0.3 is 9.84 Å². The van der Waals surface area contributed by atoms with Crippen molar-refractivity contribution in [2.75, 3.05) is 7.11 Å². The Labute approximate surface area is 141 Å². The van der Waals surface area contributed by atoms with Gasteiger partial charge in [0.15, 0.2) is 5.78 Å². The Morgan fingerprint density at radius 2 is 1.71 bits per heavy atom. The lowest BCUT2D eigenvalue weighted by Crippen LogP contribution is -2.05. The molecule has 3 nitrogen and oxygen atoms in total. The molecule has 0 aromatic heterocycles. The number of hydrogen-bond donors (Lipinski definition) is 1. The number of allylic oxidation sites excluding steroid dienone is 3. The first-order valence-electron chi connectivity index (χ1n) is 7.68. The second-order valence-electron chi connectivity index (χ2n) is 5.60. The van der Waals surface area contributed by atoms with Gasteiger partial charge in [-0.15, -0.1) is 0 Å². The van der Waals surface area contributed by atoms with Crippen LogP contribution in [0.3, 0.4) is 0 Å². The molecule has 0 aliphatic heterocycles. The van der Waals surface area contributed by atoms with Gasteiger partial charge in [0.25, 0.3) is 0 Å². The summed E-state index contributed by atoms with van der Waals surface area (Å²) in [4.78, 5) is 11.7. The third kappa shape index (κ3) is 3.01. The average Bonchev–Trinajstić information content (AvgIpc) is 2.59. The van der Waals surface area contributed by atoms with Crippen LogP contribution in [0.2, 0.25) is 0 Å². The topological polar surface area (TPSA) is 46.5 Å². The van der Waals surface area contributed by atoms with Crippen molar-refractivity contribution in [3.05, 3.63) is 94.8 Å². The first-order chi connectivity index (χ1) is 11.6. The molecule has 2 aromatic rings. The molecule has 0 radical (unpaired) electrons. The second-order valence-corrected chi connectivity index (χ2v) is 5.60. The number of ketones is 1. The summed E-state index contributed by atoms with van der Waals surface area (Å²) in [6.07, 6.45) is 4.82. The number of methoxy groups -OCH3 is 1. The van der Waals surface area contributed by atoms with Crippen molar-refractivity contribution in [2.45, 2.75) is 6.92 Å². The highest BCUT2D eigenvalue weighted by atomic mass is 16.5. The molecule has 0 saturated heterocycles. The predicted molar refractivity (Wildman–Crippen MR) is 94.5 cm³/mol. The molecule has 3 rings (SSSR count). The van der Waals surface area contributed by atoms with Gasteiger partial charge in [-0.3, -0.25) is 4.79 Å². The van der Waals surface area contributed by atoms with E-state index in [2.05, 4.69) is 0 Å². The van der Waals surface area contributed by atoms with Gasteiger partial charge >= 0.3 is 0 Å². The molecule has 0 unspecified atom stereocenters. The van der Waals surface area contributed by atoms with Gasteiger partial charge in [0.2, 0.25) is 0 Å². The molecule has 0 saturated carbocycles. The second kappa shape index (κ2) is 6.59. The van der Waals surface area contributed by atoms with E-state index in [-0.39, 0.29) is 11.5 Å². The van der Waals surface area contributed by atoms with E-state index in [9.17, 15) is 9.90 Å². The van der Waals surface area contributed by atoms with E-state index in [0.29, 0.717) is 5.76 Å². The minimum atomic E-state index is -0.0922. The summed E-state index contributed by atoms with van der Waals surface area (Å²) in [6, 6.07) is 15.1. The van der Waals surface area contributed by atoms with Gasteiger partial charge in [-0.25, -0.2) is 0 Å². The summed E-state index contributed by atoms with van der Waals surface area (Å²) in [7, 11) is 1.56. The van der Waals surface area contributed by atoms with Gasteiger partial charge in [-0.05, 0) is 47.9 Å². The Hall–Kier alpha value is -3.07. The fourth-order valence-electron chi connectivity index (χ4n) is 2.82. The van der Waals surface area contributed by atoms with Crippen LogP contribution in [0.5, 0.6) is 5.75 Å². The minimum Gasteiger partial charge on any atom is -0.508 e. The van der Waals surface area contributed by atoms with Crippen LogP contribution in [0.4, 0.5) is 0 Å². The molecule has 1 aliphatic carbocycles. The van der Waals surface area contributed by atoms with Crippen LogP contribution >= 0.6 is 0 Å². The smallest absolute Gasteiger partial charge is 0.182 e. The first-order valence-corrected chi connectivity index (χ1v) is 7.68. The van der Waals surface area contributed by atoms with Crippen LogP contribution < -0.4 is 0 Å². The van der Waals surface area contributed by atoms with Crippen molar-refractivity contribution in [3.8, 4) is 5.75 Å². The monoisotopic (exact) mass is 318 g/mol. The number of carbonyl (C=O) groups excluding carboxylic acids is 1. The predicted octanol–water partition coefficient (Wildman–Crippen LogP) is 4.17. The van der Waals surface area contributed by atoms with Gasteiger partial charge in [-0.2, -0.15) is 0 Å². The third-order valence-electron chi connectivity index (χ3n) is 4.01. The Kier molecular flexibility index (Phi) is 4.34. The lowest BCUT2D eigenvalue weighted by Gasteiger charge is -2.19. The summed E-state index contributed by atoms with van der Waals surface area (Å²) in [6.45, 7) is 2.05. The number of aromatic hydroxyl groups is 1. The minimum absolute atomic E-state index is 0.0922.